The van der Waals surface area contributed by atoms with E-state index in [1.165, 1.54) is 24.8 Å². The predicted molar refractivity (Wildman–Crippen MR) is 145 cm³/mol. The fraction of sp³-hybridized carbons (Fsp3) is 0.548. The Morgan fingerprint density at radius 2 is 1.75 bits per heavy atom. The molecule has 2 aromatic carbocycles. The molecule has 0 unspecified atom stereocenters. The van der Waals surface area contributed by atoms with Crippen molar-refractivity contribution in [3.05, 3.63) is 65.2 Å². The van der Waals surface area contributed by atoms with Gasteiger partial charge in [-0.15, -0.1) is 0 Å². The van der Waals surface area contributed by atoms with Crippen LogP contribution in [-0.2, 0) is 28.0 Å². The van der Waals surface area contributed by atoms with Crippen LogP contribution in [0.1, 0.15) is 88.8 Å². The largest absolute Gasteiger partial charge is 0.481 e. The van der Waals surface area contributed by atoms with Gasteiger partial charge in [0.05, 0.1) is 12.5 Å². The average Bonchev–Trinajstić information content (AvgIpc) is 2.95. The van der Waals surface area contributed by atoms with Gasteiger partial charge in [-0.1, -0.05) is 95.3 Å². The lowest BCUT2D eigenvalue weighted by molar-refractivity contribution is -0.148. The summed E-state index contributed by atoms with van der Waals surface area (Å²) >= 11 is 0. The molecule has 5 nitrogen and oxygen atoms in total. The molecular weight excluding hydrogens is 448 g/mol. The summed E-state index contributed by atoms with van der Waals surface area (Å²) in [5.74, 6) is -1.59. The fourth-order valence-corrected chi connectivity index (χ4v) is 6.05. The first kappa shape index (κ1) is 26.4. The van der Waals surface area contributed by atoms with Gasteiger partial charge in [0, 0.05) is 5.69 Å². The second-order valence-electron chi connectivity index (χ2n) is 12.0. The quantitative estimate of drug-likeness (QED) is 0.482. The normalized spacial score (nSPS) is 22.1. The molecule has 1 fully saturated rings. The highest BCUT2D eigenvalue weighted by Crippen LogP contribution is 2.38. The van der Waals surface area contributed by atoms with Gasteiger partial charge in [0.15, 0.2) is 0 Å². The summed E-state index contributed by atoms with van der Waals surface area (Å²) in [5.41, 5.74) is 9.62. The van der Waals surface area contributed by atoms with E-state index >= 15 is 0 Å². The minimum absolute atomic E-state index is 0.0447. The van der Waals surface area contributed by atoms with Crippen molar-refractivity contribution >= 4 is 17.6 Å². The first-order valence-corrected chi connectivity index (χ1v) is 13.6. The van der Waals surface area contributed by atoms with E-state index in [0.29, 0.717) is 31.7 Å². The van der Waals surface area contributed by atoms with E-state index < -0.39 is 17.4 Å². The fourth-order valence-electron chi connectivity index (χ4n) is 6.05. The second-order valence-corrected chi connectivity index (χ2v) is 12.0. The molecule has 194 valence electrons. The Kier molecular flexibility index (Phi) is 7.89. The van der Waals surface area contributed by atoms with Gasteiger partial charge in [-0.25, -0.2) is 0 Å². The average molecular weight is 491 g/mol. The maximum Gasteiger partial charge on any atom is 0.308 e. The number of hydrogen-bond donors (Lipinski definition) is 2. The highest BCUT2D eigenvalue weighted by atomic mass is 16.4. The van der Waals surface area contributed by atoms with Gasteiger partial charge in [0.2, 0.25) is 5.91 Å². The maximum absolute atomic E-state index is 14.2. The summed E-state index contributed by atoms with van der Waals surface area (Å²) in [6.07, 6.45) is 8.20. The van der Waals surface area contributed by atoms with Crippen LogP contribution >= 0.6 is 0 Å². The smallest absolute Gasteiger partial charge is 0.308 e. The number of nitrogens with zero attached hydrogens (tertiary/aromatic N) is 1. The Morgan fingerprint density at radius 1 is 1.08 bits per heavy atom. The number of aryl methyl sites for hydroxylation is 1. The summed E-state index contributed by atoms with van der Waals surface area (Å²) in [7, 11) is 0. The number of nitrogens with two attached hydrogens (primary N) is 1. The number of para-hydroxylation sites is 1. The van der Waals surface area contributed by atoms with E-state index in [1.54, 1.807) is 4.90 Å². The molecule has 1 heterocycles. The van der Waals surface area contributed by atoms with Crippen molar-refractivity contribution in [3.8, 4) is 0 Å². The predicted octanol–water partition coefficient (Wildman–Crippen LogP) is 6.22. The van der Waals surface area contributed by atoms with Gasteiger partial charge < -0.3 is 15.7 Å². The Bertz CT molecular complexity index is 1070. The zero-order valence-electron chi connectivity index (χ0n) is 22.1. The third-order valence-electron chi connectivity index (χ3n) is 8.40. The molecule has 1 aliphatic heterocycles. The van der Waals surface area contributed by atoms with Gasteiger partial charge in [0.1, 0.15) is 5.54 Å². The number of carboxylic acids is 1. The van der Waals surface area contributed by atoms with Gasteiger partial charge >= 0.3 is 5.97 Å². The molecule has 1 aliphatic carbocycles. The minimum atomic E-state index is -1.44. The molecule has 1 amide bonds. The Hall–Kier alpha value is -2.66. The highest BCUT2D eigenvalue weighted by molar-refractivity contribution is 6.03. The molecule has 5 heteroatoms. The molecule has 0 spiro atoms. The molecule has 2 aliphatic rings. The van der Waals surface area contributed by atoms with E-state index in [9.17, 15) is 14.7 Å². The van der Waals surface area contributed by atoms with Crippen molar-refractivity contribution in [1.29, 1.82) is 0 Å². The van der Waals surface area contributed by atoms with E-state index in [2.05, 4.69) is 45.0 Å². The van der Waals surface area contributed by atoms with Crippen molar-refractivity contribution in [3.63, 3.8) is 0 Å². The summed E-state index contributed by atoms with van der Waals surface area (Å²) in [4.78, 5) is 28.5. The molecule has 2 aromatic rings. The van der Waals surface area contributed by atoms with Crippen LogP contribution in [0.15, 0.2) is 48.5 Å². The number of carbonyl (C=O) groups is 2. The van der Waals surface area contributed by atoms with Crippen molar-refractivity contribution in [1.82, 2.24) is 0 Å². The summed E-state index contributed by atoms with van der Waals surface area (Å²) in [6, 6.07) is 16.3. The molecule has 4 rings (SSSR count). The number of hydrogen-bond acceptors (Lipinski definition) is 3. The van der Waals surface area contributed by atoms with Gasteiger partial charge in [-0.2, -0.15) is 0 Å². The highest BCUT2D eigenvalue weighted by Gasteiger charge is 2.49. The lowest BCUT2D eigenvalue weighted by Crippen LogP contribution is -2.61. The zero-order valence-corrected chi connectivity index (χ0v) is 22.1. The number of carbonyl (C=O) groups excluding carboxylic acids is 1. The van der Waals surface area contributed by atoms with Crippen molar-refractivity contribution < 1.29 is 14.7 Å². The number of carboxylic acid groups (broad SMARTS) is 1. The minimum Gasteiger partial charge on any atom is -0.481 e. The number of aliphatic carboxylic acids is 1. The van der Waals surface area contributed by atoms with Crippen LogP contribution in [0.25, 0.3) is 0 Å². The van der Waals surface area contributed by atoms with Crippen LogP contribution in [0.2, 0.25) is 0 Å². The molecule has 0 aromatic heterocycles. The van der Waals surface area contributed by atoms with Crippen molar-refractivity contribution in [2.75, 3.05) is 4.90 Å². The number of rotatable bonds is 7. The number of anilines is 1. The first-order chi connectivity index (χ1) is 17.1. The standard InChI is InChI=1S/C31H42N2O3/c1-30(2,3)25-16-13-23(14-17-25)21-33-27-12-8-7-11-24(27)19-20-31(32,29(33)36)26(28(34)35)18-15-22-9-5-4-6-10-22/h7-8,11-14,16-17,22,26H,4-6,9-10,15,18-21,32H2,1-3H3,(H,34,35)/t26-,31+/m1/s1. The van der Waals surface area contributed by atoms with Crippen molar-refractivity contribution in [2.45, 2.75) is 96.1 Å². The van der Waals surface area contributed by atoms with E-state index in [1.807, 2.05) is 24.3 Å². The van der Waals surface area contributed by atoms with Gasteiger partial charge in [0.25, 0.3) is 0 Å². The molecule has 0 saturated heterocycles. The van der Waals surface area contributed by atoms with Crippen LogP contribution in [-0.4, -0.2) is 22.5 Å². The van der Waals surface area contributed by atoms with E-state index in [-0.39, 0.29) is 11.3 Å². The zero-order chi connectivity index (χ0) is 25.9. The van der Waals surface area contributed by atoms with Crippen LogP contribution in [0, 0.1) is 11.8 Å². The molecule has 0 radical (unpaired) electrons. The number of fused-ring (bicyclic) bond motifs is 1. The molecule has 0 bridgehead atoms. The lowest BCUT2D eigenvalue weighted by Gasteiger charge is -2.37. The number of benzene rings is 2. The Morgan fingerprint density at radius 3 is 2.39 bits per heavy atom. The SMILES string of the molecule is CC(C)(C)c1ccc(CN2C(=O)[C@@](N)([C@H](CCC3CCCCC3)C(=O)O)CCc3ccccc32)cc1. The third-order valence-corrected chi connectivity index (χ3v) is 8.40. The Balaban J connectivity index is 1.63. The molecular formula is C31H42N2O3. The third kappa shape index (κ3) is 5.67. The van der Waals surface area contributed by atoms with Crippen LogP contribution in [0.3, 0.4) is 0 Å². The van der Waals surface area contributed by atoms with Gasteiger partial charge in [-0.3, -0.25) is 9.59 Å². The molecule has 2 atom stereocenters. The molecule has 3 N–H and O–H groups in total. The summed E-state index contributed by atoms with van der Waals surface area (Å²) in [5, 5.41) is 10.3. The van der Waals surface area contributed by atoms with E-state index in [4.69, 9.17) is 5.73 Å². The second kappa shape index (κ2) is 10.8. The van der Waals surface area contributed by atoms with Crippen LogP contribution < -0.4 is 10.6 Å². The van der Waals surface area contributed by atoms with Crippen LogP contribution in [0.5, 0.6) is 0 Å². The summed E-state index contributed by atoms with van der Waals surface area (Å²) < 4.78 is 0. The Labute approximate surface area is 216 Å². The lowest BCUT2D eigenvalue weighted by atomic mass is 9.75. The van der Waals surface area contributed by atoms with Gasteiger partial charge in [-0.05, 0) is 59.8 Å². The number of amides is 1. The van der Waals surface area contributed by atoms with Crippen LogP contribution in [0.4, 0.5) is 5.69 Å². The topological polar surface area (TPSA) is 83.6 Å². The monoisotopic (exact) mass is 490 g/mol. The molecule has 36 heavy (non-hydrogen) atoms. The molecule has 1 saturated carbocycles. The first-order valence-electron chi connectivity index (χ1n) is 13.6. The van der Waals surface area contributed by atoms with Crippen molar-refractivity contribution in [2.24, 2.45) is 17.6 Å². The maximum atomic E-state index is 14.2. The summed E-state index contributed by atoms with van der Waals surface area (Å²) in [6.45, 7) is 6.91. The van der Waals surface area contributed by atoms with E-state index in [0.717, 1.165) is 36.1 Å².